The summed E-state index contributed by atoms with van der Waals surface area (Å²) in [5.41, 5.74) is 6.25. The molecule has 21 heteroatoms. The number of aromatic nitrogens is 6. The van der Waals surface area contributed by atoms with Crippen LogP contribution in [0.3, 0.4) is 0 Å². The molecular weight excluding hydrogens is 676 g/mol. The number of esters is 3. The highest BCUT2D eigenvalue weighted by Gasteiger charge is 2.42. The van der Waals surface area contributed by atoms with Gasteiger partial charge < -0.3 is 39.5 Å². The second-order valence-corrected chi connectivity index (χ2v) is 12.8. The van der Waals surface area contributed by atoms with E-state index >= 15 is 0 Å². The minimum Gasteiger partial charge on any atom is -0.463 e. The number of carbonyl (C=O) groups is 3. The molecule has 4 unspecified atom stereocenters. The summed E-state index contributed by atoms with van der Waals surface area (Å²) in [6.07, 6.45) is -1.42. The standard InChI is InChI=1S/C27H30N8O11S2/c1-11(36)42-9-15-5-17(44-13(3)38)23(46-15)35-21-19(48-27(35)40)7-30-25(33-21)31-10-41-8-14-4-16(43-12(2)37)22(45-14)34-20-18(47-26(34)39)6-29-24(28)32-20/h6-7,14-17,22-23H,4-5,8-10H2,1-3H3,(H2,28,29,32)(H,30,31,33)/t14?,15?,16-,17-,22?,23?/m1/s1. The molecule has 0 bridgehead atoms. The molecule has 0 spiro atoms. The van der Waals surface area contributed by atoms with Gasteiger partial charge in [0.2, 0.25) is 11.9 Å². The number of thiazole rings is 2. The lowest BCUT2D eigenvalue weighted by Crippen LogP contribution is -2.30. The number of nitrogen functional groups attached to an aromatic ring is 1. The number of fused-ring (bicyclic) bond motifs is 2. The van der Waals surface area contributed by atoms with Crippen molar-refractivity contribution in [3.8, 4) is 0 Å². The number of nitrogens with zero attached hydrogens (tertiary/aromatic N) is 6. The van der Waals surface area contributed by atoms with Gasteiger partial charge in [-0.05, 0) is 0 Å². The molecule has 0 amide bonds. The Labute approximate surface area is 277 Å². The third kappa shape index (κ3) is 7.13. The largest absolute Gasteiger partial charge is 0.463 e. The highest BCUT2D eigenvalue weighted by Crippen LogP contribution is 2.35. The average molecular weight is 707 g/mol. The van der Waals surface area contributed by atoms with Gasteiger partial charge in [-0.1, -0.05) is 22.7 Å². The van der Waals surface area contributed by atoms with E-state index in [0.29, 0.717) is 9.40 Å². The van der Waals surface area contributed by atoms with E-state index in [9.17, 15) is 24.0 Å². The average Bonchev–Trinajstić information content (AvgIpc) is 3.75. The van der Waals surface area contributed by atoms with Crippen molar-refractivity contribution < 1.29 is 42.8 Å². The lowest BCUT2D eigenvalue weighted by Gasteiger charge is -2.19. The van der Waals surface area contributed by atoms with E-state index in [-0.39, 0.29) is 60.9 Å². The van der Waals surface area contributed by atoms with Crippen LogP contribution in [0.15, 0.2) is 22.0 Å². The first-order valence-corrected chi connectivity index (χ1v) is 16.2. The molecule has 0 aromatic carbocycles. The highest BCUT2D eigenvalue weighted by atomic mass is 32.1. The van der Waals surface area contributed by atoms with Gasteiger partial charge in [-0.2, -0.15) is 9.97 Å². The zero-order valence-electron chi connectivity index (χ0n) is 25.7. The van der Waals surface area contributed by atoms with Crippen molar-refractivity contribution in [2.45, 2.75) is 70.5 Å². The Morgan fingerprint density at radius 2 is 1.40 bits per heavy atom. The molecule has 6 heterocycles. The lowest BCUT2D eigenvalue weighted by molar-refractivity contribution is -0.153. The van der Waals surface area contributed by atoms with Gasteiger partial charge in [0, 0.05) is 33.6 Å². The molecule has 6 rings (SSSR count). The van der Waals surface area contributed by atoms with E-state index in [4.69, 9.17) is 34.2 Å². The Hall–Kier alpha value is -4.57. The topological polar surface area (TPSA) is 240 Å². The van der Waals surface area contributed by atoms with E-state index in [1.54, 1.807) is 0 Å². The normalized spacial score (nSPS) is 23.8. The second-order valence-electron chi connectivity index (χ2n) is 10.8. The molecule has 0 aliphatic carbocycles. The summed E-state index contributed by atoms with van der Waals surface area (Å²) in [6, 6.07) is 0. The Morgan fingerprint density at radius 1 is 0.854 bits per heavy atom. The summed E-state index contributed by atoms with van der Waals surface area (Å²) in [5, 5.41) is 2.93. The van der Waals surface area contributed by atoms with E-state index in [0.717, 1.165) is 22.7 Å². The van der Waals surface area contributed by atoms with E-state index < -0.39 is 59.7 Å². The van der Waals surface area contributed by atoms with Gasteiger partial charge in [0.25, 0.3) is 0 Å². The minimum atomic E-state index is -1.01. The molecule has 0 saturated carbocycles. The van der Waals surface area contributed by atoms with Crippen LogP contribution in [0.25, 0.3) is 20.7 Å². The molecule has 48 heavy (non-hydrogen) atoms. The smallest absolute Gasteiger partial charge is 0.311 e. The molecule has 4 aromatic rings. The number of ether oxygens (including phenoxy) is 6. The molecule has 2 fully saturated rings. The predicted molar refractivity (Wildman–Crippen MR) is 167 cm³/mol. The van der Waals surface area contributed by atoms with Crippen LogP contribution < -0.4 is 20.8 Å². The maximum Gasteiger partial charge on any atom is 0.311 e. The van der Waals surface area contributed by atoms with E-state index in [1.165, 1.54) is 42.3 Å². The Morgan fingerprint density at radius 3 is 1.96 bits per heavy atom. The first-order valence-electron chi connectivity index (χ1n) is 14.6. The quantitative estimate of drug-likeness (QED) is 0.0943. The number of hydrogen-bond acceptors (Lipinski definition) is 19. The SMILES string of the molecule is CC(=O)OCC1C[C@@H](OC(C)=O)C(n2c(=O)sc3cnc(NCOCC4C[C@@H](OC(C)=O)C(n5c(=O)sc6cnc(N)nc65)O4)nc32)O1. The summed E-state index contributed by atoms with van der Waals surface area (Å²) in [5.74, 6) is -1.49. The fourth-order valence-electron chi connectivity index (χ4n) is 5.48. The predicted octanol–water partition coefficient (Wildman–Crippen LogP) is 0.689. The Bertz CT molecular complexity index is 1980. The molecule has 0 radical (unpaired) electrons. The number of carbonyl (C=O) groups excluding carboxylic acids is 3. The summed E-state index contributed by atoms with van der Waals surface area (Å²) in [4.78, 5) is 76.9. The molecule has 3 N–H and O–H groups in total. The maximum atomic E-state index is 13.0. The van der Waals surface area contributed by atoms with Crippen molar-refractivity contribution in [1.29, 1.82) is 0 Å². The van der Waals surface area contributed by atoms with Crippen LogP contribution in [0.1, 0.15) is 46.1 Å². The van der Waals surface area contributed by atoms with E-state index in [1.807, 2.05) is 0 Å². The molecule has 256 valence electrons. The van der Waals surface area contributed by atoms with Crippen LogP contribution in [0.2, 0.25) is 0 Å². The van der Waals surface area contributed by atoms with Gasteiger partial charge in [-0.15, -0.1) is 0 Å². The Balaban J connectivity index is 1.12. The van der Waals surface area contributed by atoms with Crippen molar-refractivity contribution in [2.75, 3.05) is 31.0 Å². The van der Waals surface area contributed by atoms with Crippen molar-refractivity contribution in [2.24, 2.45) is 0 Å². The number of nitrogens with two attached hydrogens (primary N) is 1. The van der Waals surface area contributed by atoms with Crippen LogP contribution in [-0.4, -0.2) is 91.3 Å². The number of nitrogens with one attached hydrogen (secondary N) is 1. The van der Waals surface area contributed by atoms with Crippen LogP contribution >= 0.6 is 22.7 Å². The third-order valence-corrected chi connectivity index (χ3v) is 9.04. The Kier molecular flexibility index (Phi) is 9.64. The van der Waals surface area contributed by atoms with Crippen LogP contribution in [0.4, 0.5) is 11.9 Å². The number of rotatable bonds is 11. The summed E-state index contributed by atoms with van der Waals surface area (Å²) in [6.45, 7) is 3.67. The van der Waals surface area contributed by atoms with Crippen LogP contribution in [0.5, 0.6) is 0 Å². The third-order valence-electron chi connectivity index (χ3n) is 7.28. The number of hydrogen-bond donors (Lipinski definition) is 2. The minimum absolute atomic E-state index is 0.0228. The van der Waals surface area contributed by atoms with Crippen molar-refractivity contribution >= 4 is 73.2 Å². The van der Waals surface area contributed by atoms with Crippen LogP contribution in [0, 0.1) is 0 Å². The second kappa shape index (κ2) is 13.9. The van der Waals surface area contributed by atoms with Crippen molar-refractivity contribution in [3.63, 3.8) is 0 Å². The van der Waals surface area contributed by atoms with Crippen LogP contribution in [-0.2, 0) is 42.8 Å². The van der Waals surface area contributed by atoms with Gasteiger partial charge in [0.1, 0.15) is 25.5 Å². The van der Waals surface area contributed by atoms with Gasteiger partial charge in [0.05, 0.1) is 40.6 Å². The fourth-order valence-corrected chi connectivity index (χ4v) is 7.11. The molecule has 19 nitrogen and oxygen atoms in total. The first-order chi connectivity index (χ1) is 23.0. The molecule has 2 aliphatic heterocycles. The monoisotopic (exact) mass is 706 g/mol. The molecule has 4 aromatic heterocycles. The van der Waals surface area contributed by atoms with Gasteiger partial charge >= 0.3 is 27.7 Å². The zero-order valence-corrected chi connectivity index (χ0v) is 27.4. The first kappa shape index (κ1) is 33.3. The zero-order chi connectivity index (χ0) is 34.1. The van der Waals surface area contributed by atoms with Crippen molar-refractivity contribution in [1.82, 2.24) is 29.1 Å². The summed E-state index contributed by atoms with van der Waals surface area (Å²) >= 11 is 1.81. The molecule has 2 saturated heterocycles. The summed E-state index contributed by atoms with van der Waals surface area (Å²) < 4.78 is 37.4. The van der Waals surface area contributed by atoms with Gasteiger partial charge in [-0.25, -0.2) is 9.97 Å². The molecular formula is C27H30N8O11S2. The number of anilines is 2. The summed E-state index contributed by atoms with van der Waals surface area (Å²) in [7, 11) is 0. The van der Waals surface area contributed by atoms with Gasteiger partial charge in [-0.3, -0.25) is 33.1 Å². The van der Waals surface area contributed by atoms with E-state index in [2.05, 4.69) is 25.3 Å². The molecule has 6 atom stereocenters. The van der Waals surface area contributed by atoms with Crippen molar-refractivity contribution in [3.05, 3.63) is 31.7 Å². The van der Waals surface area contributed by atoms with Gasteiger partial charge in [0.15, 0.2) is 23.8 Å². The lowest BCUT2D eigenvalue weighted by atomic mass is 10.2. The maximum absolute atomic E-state index is 13.0. The molecule has 2 aliphatic rings. The fraction of sp³-hybridized carbons (Fsp3) is 0.519. The highest BCUT2D eigenvalue weighted by molar-refractivity contribution is 7.16.